The third kappa shape index (κ3) is 3.76. The molecule has 0 unspecified atom stereocenters. The molecule has 0 bridgehead atoms. The second kappa shape index (κ2) is 4.76. The molecule has 0 saturated heterocycles. The Morgan fingerprint density at radius 2 is 1.82 bits per heavy atom. The molecule has 0 aliphatic heterocycles. The minimum absolute atomic E-state index is 0.664. The van der Waals surface area contributed by atoms with Gasteiger partial charge in [0.15, 0.2) is 0 Å². The molecule has 1 rings (SSSR count). The fourth-order valence-electron chi connectivity index (χ4n) is 1.79. The van der Waals surface area contributed by atoms with Crippen LogP contribution in [0.3, 0.4) is 0 Å². The lowest BCUT2D eigenvalue weighted by molar-refractivity contribution is 0.334. The van der Waals surface area contributed by atoms with Gasteiger partial charge in [-0.2, -0.15) is 0 Å². The van der Waals surface area contributed by atoms with Gasteiger partial charge in [-0.1, -0.05) is 33.1 Å². The molecule has 0 radical (unpaired) electrons. The van der Waals surface area contributed by atoms with Crippen molar-refractivity contribution in [2.75, 3.05) is 6.54 Å². The molecule has 1 N–H and O–H groups in total. The van der Waals surface area contributed by atoms with Crippen molar-refractivity contribution < 1.29 is 0 Å². The maximum absolute atomic E-state index is 3.52. The average Bonchev–Trinajstić information content (AvgIpc) is 2.03. The molecule has 0 aromatic heterocycles. The van der Waals surface area contributed by atoms with Crippen molar-refractivity contribution in [2.45, 2.75) is 52.0 Å². The molecule has 0 heterocycles. The maximum atomic E-state index is 3.52. The highest BCUT2D eigenvalue weighted by atomic mass is 14.9. The van der Waals surface area contributed by atoms with E-state index in [2.05, 4.69) is 19.2 Å². The number of rotatable bonds is 3. The quantitative estimate of drug-likeness (QED) is 0.660. The molecule has 0 amide bonds. The molecule has 1 fully saturated rings. The van der Waals surface area contributed by atoms with Crippen LogP contribution in [0.5, 0.6) is 0 Å². The van der Waals surface area contributed by atoms with Gasteiger partial charge in [-0.25, -0.2) is 0 Å². The molecule has 0 aromatic rings. The van der Waals surface area contributed by atoms with Gasteiger partial charge in [-0.15, -0.1) is 0 Å². The average molecular weight is 155 g/mol. The lowest BCUT2D eigenvalue weighted by atomic mass is 9.89. The van der Waals surface area contributed by atoms with Crippen molar-refractivity contribution in [1.29, 1.82) is 0 Å². The molecule has 66 valence electrons. The first-order valence-electron chi connectivity index (χ1n) is 5.02. The zero-order valence-electron chi connectivity index (χ0n) is 7.90. The van der Waals surface area contributed by atoms with Crippen LogP contribution < -0.4 is 5.32 Å². The Bertz CT molecular complexity index is 93.0. The minimum Gasteiger partial charge on any atom is -0.314 e. The standard InChI is InChI=1S/C10H21N/c1-9(2)11-8-10-6-4-3-5-7-10/h9-11H,3-8H2,1-2H3. The van der Waals surface area contributed by atoms with Crippen LogP contribution in [0.4, 0.5) is 0 Å². The predicted octanol–water partition coefficient (Wildman–Crippen LogP) is 2.56. The van der Waals surface area contributed by atoms with Crippen LogP contribution in [0.15, 0.2) is 0 Å². The van der Waals surface area contributed by atoms with Crippen molar-refractivity contribution in [2.24, 2.45) is 5.92 Å². The summed E-state index contributed by atoms with van der Waals surface area (Å²) in [6.45, 7) is 5.70. The number of hydrogen-bond donors (Lipinski definition) is 1. The van der Waals surface area contributed by atoms with Gasteiger partial charge < -0.3 is 5.32 Å². The molecule has 0 spiro atoms. The Morgan fingerprint density at radius 3 is 2.36 bits per heavy atom. The maximum Gasteiger partial charge on any atom is 0.00104 e. The first-order chi connectivity index (χ1) is 5.29. The zero-order valence-corrected chi connectivity index (χ0v) is 7.90. The minimum atomic E-state index is 0.664. The third-order valence-corrected chi connectivity index (χ3v) is 2.54. The van der Waals surface area contributed by atoms with Gasteiger partial charge in [0.05, 0.1) is 0 Å². The van der Waals surface area contributed by atoms with Gasteiger partial charge >= 0.3 is 0 Å². The van der Waals surface area contributed by atoms with E-state index in [0.717, 1.165) is 5.92 Å². The van der Waals surface area contributed by atoms with Gasteiger partial charge in [0, 0.05) is 6.04 Å². The SMILES string of the molecule is CC(C)NCC1CCCCC1. The number of hydrogen-bond acceptors (Lipinski definition) is 1. The first kappa shape index (κ1) is 9.05. The molecule has 1 heteroatoms. The highest BCUT2D eigenvalue weighted by Crippen LogP contribution is 2.22. The summed E-state index contributed by atoms with van der Waals surface area (Å²) in [6, 6.07) is 0.664. The van der Waals surface area contributed by atoms with Crippen LogP contribution in [0.2, 0.25) is 0 Å². The van der Waals surface area contributed by atoms with Crippen molar-refractivity contribution in [3.05, 3.63) is 0 Å². The van der Waals surface area contributed by atoms with E-state index in [1.54, 1.807) is 0 Å². The second-order valence-corrected chi connectivity index (χ2v) is 4.07. The smallest absolute Gasteiger partial charge is 0.00104 e. The molecule has 1 aliphatic rings. The Kier molecular flexibility index (Phi) is 3.92. The van der Waals surface area contributed by atoms with E-state index >= 15 is 0 Å². The highest BCUT2D eigenvalue weighted by molar-refractivity contribution is 4.68. The summed E-state index contributed by atoms with van der Waals surface area (Å²) in [5.74, 6) is 0.978. The Balaban J connectivity index is 2.05. The van der Waals surface area contributed by atoms with E-state index in [-0.39, 0.29) is 0 Å². The Hall–Kier alpha value is -0.0400. The van der Waals surface area contributed by atoms with Gasteiger partial charge in [-0.05, 0) is 25.3 Å². The van der Waals surface area contributed by atoms with E-state index in [4.69, 9.17) is 0 Å². The molecular weight excluding hydrogens is 134 g/mol. The van der Waals surface area contributed by atoms with E-state index < -0.39 is 0 Å². The summed E-state index contributed by atoms with van der Waals surface area (Å²) >= 11 is 0. The summed E-state index contributed by atoms with van der Waals surface area (Å²) in [7, 11) is 0. The van der Waals surface area contributed by atoms with Crippen LogP contribution in [0, 0.1) is 5.92 Å². The molecule has 0 atom stereocenters. The van der Waals surface area contributed by atoms with Gasteiger partial charge in [0.25, 0.3) is 0 Å². The van der Waals surface area contributed by atoms with Crippen molar-refractivity contribution in [1.82, 2.24) is 5.32 Å². The van der Waals surface area contributed by atoms with E-state index in [0.29, 0.717) is 6.04 Å². The van der Waals surface area contributed by atoms with Gasteiger partial charge in [-0.3, -0.25) is 0 Å². The van der Waals surface area contributed by atoms with Crippen LogP contribution in [-0.4, -0.2) is 12.6 Å². The molecule has 11 heavy (non-hydrogen) atoms. The first-order valence-corrected chi connectivity index (χ1v) is 5.02. The van der Waals surface area contributed by atoms with Crippen molar-refractivity contribution >= 4 is 0 Å². The molecule has 1 aliphatic carbocycles. The summed E-state index contributed by atoms with van der Waals surface area (Å²) in [4.78, 5) is 0. The lowest BCUT2D eigenvalue weighted by Gasteiger charge is -2.22. The lowest BCUT2D eigenvalue weighted by Crippen LogP contribution is -2.29. The highest BCUT2D eigenvalue weighted by Gasteiger charge is 2.12. The van der Waals surface area contributed by atoms with Crippen LogP contribution >= 0.6 is 0 Å². The van der Waals surface area contributed by atoms with Crippen LogP contribution in [0.25, 0.3) is 0 Å². The summed E-state index contributed by atoms with van der Waals surface area (Å²) < 4.78 is 0. The van der Waals surface area contributed by atoms with Crippen molar-refractivity contribution in [3.63, 3.8) is 0 Å². The summed E-state index contributed by atoms with van der Waals surface area (Å²) in [6.07, 6.45) is 7.31. The Morgan fingerprint density at radius 1 is 1.18 bits per heavy atom. The van der Waals surface area contributed by atoms with E-state index in [1.807, 2.05) is 0 Å². The molecular formula is C10H21N. The van der Waals surface area contributed by atoms with E-state index in [1.165, 1.54) is 38.6 Å². The van der Waals surface area contributed by atoms with E-state index in [9.17, 15) is 0 Å². The zero-order chi connectivity index (χ0) is 8.10. The monoisotopic (exact) mass is 155 g/mol. The molecule has 1 nitrogen and oxygen atoms in total. The third-order valence-electron chi connectivity index (χ3n) is 2.54. The van der Waals surface area contributed by atoms with Crippen LogP contribution in [0.1, 0.15) is 46.0 Å². The van der Waals surface area contributed by atoms with Crippen molar-refractivity contribution in [3.8, 4) is 0 Å². The predicted molar refractivity (Wildman–Crippen MR) is 49.7 cm³/mol. The fraction of sp³-hybridized carbons (Fsp3) is 1.00. The topological polar surface area (TPSA) is 12.0 Å². The normalized spacial score (nSPS) is 21.0. The number of nitrogens with one attached hydrogen (secondary N) is 1. The Labute approximate surface area is 70.6 Å². The summed E-state index contributed by atoms with van der Waals surface area (Å²) in [5.41, 5.74) is 0. The molecule has 0 aromatic carbocycles. The fourth-order valence-corrected chi connectivity index (χ4v) is 1.79. The van der Waals surface area contributed by atoms with Crippen LogP contribution in [-0.2, 0) is 0 Å². The summed E-state index contributed by atoms with van der Waals surface area (Å²) in [5, 5.41) is 3.52. The second-order valence-electron chi connectivity index (χ2n) is 4.07. The van der Waals surface area contributed by atoms with Gasteiger partial charge in [0.1, 0.15) is 0 Å². The largest absolute Gasteiger partial charge is 0.314 e. The molecule has 1 saturated carbocycles. The van der Waals surface area contributed by atoms with Gasteiger partial charge in [0.2, 0.25) is 0 Å².